The summed E-state index contributed by atoms with van der Waals surface area (Å²) >= 11 is 0. The third kappa shape index (κ3) is 3.09. The highest BCUT2D eigenvalue weighted by atomic mass is 16.5. The van der Waals surface area contributed by atoms with E-state index in [0.29, 0.717) is 4.74 Å². The maximum absolute atomic E-state index is 11.5. The van der Waals surface area contributed by atoms with Crippen LogP contribution in [0.25, 0.3) is 0 Å². The molecule has 4 heteroatoms. The quantitative estimate of drug-likeness (QED) is 0.248. The molecular formula is C11H13NO3. The fourth-order valence-corrected chi connectivity index (χ4v) is 1.15. The number of carbonyl (C=O) groups excluding carboxylic acids is 1. The maximum atomic E-state index is 11.5. The highest BCUT2D eigenvalue weighted by Gasteiger charge is 2.13. The number of methoxy groups -OCH3 is 1. The lowest BCUT2D eigenvalue weighted by molar-refractivity contribution is -0.498. The summed E-state index contributed by atoms with van der Waals surface area (Å²) in [5.74, 6) is -0.646. The standard InChI is InChI=1S/C11H13NO3/c1-9(10-6-4-3-5-7-10)12(14)8-11(13)15-2/h3-9H,1-2H3/b12-8+/t9-/m1/s1. The van der Waals surface area contributed by atoms with Crippen LogP contribution in [0.5, 0.6) is 0 Å². The Morgan fingerprint density at radius 3 is 2.60 bits per heavy atom. The Labute approximate surface area is 88.4 Å². The predicted octanol–water partition coefficient (Wildman–Crippen LogP) is 1.50. The van der Waals surface area contributed by atoms with Gasteiger partial charge in [-0.1, -0.05) is 30.3 Å². The summed E-state index contributed by atoms with van der Waals surface area (Å²) in [6, 6.07) is 8.83. The summed E-state index contributed by atoms with van der Waals surface area (Å²) in [5, 5.41) is 11.5. The molecule has 0 saturated carbocycles. The molecule has 0 radical (unpaired) electrons. The van der Waals surface area contributed by atoms with Crippen LogP contribution in [-0.4, -0.2) is 24.0 Å². The van der Waals surface area contributed by atoms with E-state index in [4.69, 9.17) is 0 Å². The fraction of sp³-hybridized carbons (Fsp3) is 0.273. The molecule has 0 saturated heterocycles. The third-order valence-corrected chi connectivity index (χ3v) is 2.10. The van der Waals surface area contributed by atoms with Crippen molar-refractivity contribution < 1.29 is 14.3 Å². The molecule has 0 amide bonds. The lowest BCUT2D eigenvalue weighted by Gasteiger charge is -2.11. The van der Waals surface area contributed by atoms with Crippen molar-refractivity contribution in [1.82, 2.24) is 0 Å². The van der Waals surface area contributed by atoms with Crippen molar-refractivity contribution in [3.8, 4) is 0 Å². The Morgan fingerprint density at radius 1 is 1.47 bits per heavy atom. The highest BCUT2D eigenvalue weighted by Crippen LogP contribution is 2.14. The monoisotopic (exact) mass is 207 g/mol. The maximum Gasteiger partial charge on any atom is 0.396 e. The molecule has 1 atom stereocenters. The first kappa shape index (κ1) is 11.2. The van der Waals surface area contributed by atoms with E-state index in [0.717, 1.165) is 11.8 Å². The molecule has 0 aromatic heterocycles. The summed E-state index contributed by atoms with van der Waals surface area (Å²) in [6.45, 7) is 1.72. The molecule has 0 bridgehead atoms. The van der Waals surface area contributed by atoms with Gasteiger partial charge in [-0.3, -0.25) is 0 Å². The van der Waals surface area contributed by atoms with E-state index in [2.05, 4.69) is 4.74 Å². The summed E-state index contributed by atoms with van der Waals surface area (Å²) < 4.78 is 4.96. The Morgan fingerprint density at radius 2 is 2.07 bits per heavy atom. The second-order valence-electron chi connectivity index (χ2n) is 3.10. The van der Waals surface area contributed by atoms with Crippen molar-refractivity contribution in [3.63, 3.8) is 0 Å². The summed E-state index contributed by atoms with van der Waals surface area (Å²) in [6.07, 6.45) is 0.900. The zero-order valence-electron chi connectivity index (χ0n) is 8.71. The molecule has 0 heterocycles. The molecule has 0 fully saturated rings. The zero-order valence-corrected chi connectivity index (χ0v) is 8.71. The number of esters is 1. The van der Waals surface area contributed by atoms with Gasteiger partial charge >= 0.3 is 5.97 Å². The van der Waals surface area contributed by atoms with Gasteiger partial charge in [-0.2, -0.15) is 4.74 Å². The molecule has 1 aromatic rings. The van der Waals surface area contributed by atoms with Gasteiger partial charge in [0.2, 0.25) is 0 Å². The molecule has 0 spiro atoms. The minimum absolute atomic E-state index is 0.398. The molecule has 1 aromatic carbocycles. The summed E-state index contributed by atoms with van der Waals surface area (Å²) in [7, 11) is 1.24. The minimum atomic E-state index is -0.646. The van der Waals surface area contributed by atoms with Crippen molar-refractivity contribution in [3.05, 3.63) is 41.1 Å². The number of nitrogens with zero attached hydrogens (tertiary/aromatic N) is 1. The van der Waals surface area contributed by atoms with Gasteiger partial charge in [-0.15, -0.1) is 0 Å². The molecule has 0 N–H and O–H groups in total. The Kier molecular flexibility index (Phi) is 3.85. The first-order chi connectivity index (χ1) is 7.15. The van der Waals surface area contributed by atoms with E-state index in [9.17, 15) is 10.0 Å². The minimum Gasteiger partial charge on any atom is -0.623 e. The average Bonchev–Trinajstić information content (AvgIpc) is 2.29. The van der Waals surface area contributed by atoms with Crippen molar-refractivity contribution in [1.29, 1.82) is 0 Å². The van der Waals surface area contributed by atoms with Gasteiger partial charge < -0.3 is 9.94 Å². The van der Waals surface area contributed by atoms with Crippen LogP contribution in [0.1, 0.15) is 18.5 Å². The van der Waals surface area contributed by atoms with Gasteiger partial charge in [0.25, 0.3) is 6.21 Å². The fourth-order valence-electron chi connectivity index (χ4n) is 1.15. The van der Waals surface area contributed by atoms with E-state index >= 15 is 0 Å². The number of hydrogen-bond acceptors (Lipinski definition) is 3. The van der Waals surface area contributed by atoms with Gasteiger partial charge in [0.15, 0.2) is 6.04 Å². The molecule has 1 rings (SSSR count). The van der Waals surface area contributed by atoms with E-state index in [1.807, 2.05) is 30.3 Å². The van der Waals surface area contributed by atoms with E-state index in [1.165, 1.54) is 7.11 Å². The van der Waals surface area contributed by atoms with E-state index in [-0.39, 0.29) is 0 Å². The van der Waals surface area contributed by atoms with Gasteiger partial charge in [-0.05, 0) is 0 Å². The van der Waals surface area contributed by atoms with Crippen LogP contribution < -0.4 is 0 Å². The average molecular weight is 207 g/mol. The van der Waals surface area contributed by atoms with Gasteiger partial charge in [-0.25, -0.2) is 4.79 Å². The second kappa shape index (κ2) is 5.14. The number of hydrogen-bond donors (Lipinski definition) is 0. The van der Waals surface area contributed by atoms with Gasteiger partial charge in [0.05, 0.1) is 7.11 Å². The molecule has 80 valence electrons. The largest absolute Gasteiger partial charge is 0.623 e. The van der Waals surface area contributed by atoms with E-state index < -0.39 is 12.0 Å². The van der Waals surface area contributed by atoms with Crippen LogP contribution in [-0.2, 0) is 9.53 Å². The second-order valence-corrected chi connectivity index (χ2v) is 3.10. The van der Waals surface area contributed by atoms with Crippen LogP contribution >= 0.6 is 0 Å². The summed E-state index contributed by atoms with van der Waals surface area (Å²) in [5.41, 5.74) is 0.854. The Bertz CT molecular complexity index is 359. The molecule has 0 unspecified atom stereocenters. The highest BCUT2D eigenvalue weighted by molar-refractivity contribution is 6.20. The molecule has 0 aliphatic rings. The topological polar surface area (TPSA) is 52.4 Å². The number of ether oxygens (including phenoxy) is 1. The lowest BCUT2D eigenvalue weighted by Crippen LogP contribution is -2.16. The summed E-state index contributed by atoms with van der Waals surface area (Å²) in [4.78, 5) is 10.8. The van der Waals surface area contributed by atoms with Gasteiger partial charge in [0.1, 0.15) is 0 Å². The predicted molar refractivity (Wildman–Crippen MR) is 56.6 cm³/mol. The first-order valence-electron chi connectivity index (χ1n) is 4.58. The van der Waals surface area contributed by atoms with Crippen molar-refractivity contribution in [2.24, 2.45) is 0 Å². The van der Waals surface area contributed by atoms with Crippen molar-refractivity contribution in [2.75, 3.05) is 7.11 Å². The molecule has 0 aliphatic carbocycles. The van der Waals surface area contributed by atoms with Crippen molar-refractivity contribution in [2.45, 2.75) is 13.0 Å². The Hall–Kier alpha value is -1.84. The molecule has 15 heavy (non-hydrogen) atoms. The number of rotatable bonds is 3. The normalized spacial score (nSPS) is 13.3. The Balaban J connectivity index is 2.81. The molecule has 0 aliphatic heterocycles. The first-order valence-corrected chi connectivity index (χ1v) is 4.58. The van der Waals surface area contributed by atoms with Crippen LogP contribution in [0.2, 0.25) is 0 Å². The third-order valence-electron chi connectivity index (χ3n) is 2.10. The number of carbonyl (C=O) groups is 1. The van der Waals surface area contributed by atoms with Crippen LogP contribution in [0.3, 0.4) is 0 Å². The molecular weight excluding hydrogens is 194 g/mol. The lowest BCUT2D eigenvalue weighted by atomic mass is 10.1. The van der Waals surface area contributed by atoms with Crippen LogP contribution in [0, 0.1) is 5.21 Å². The zero-order chi connectivity index (χ0) is 11.3. The number of hydroxylamine groups is 1. The molecule has 4 nitrogen and oxygen atoms in total. The number of benzene rings is 1. The van der Waals surface area contributed by atoms with Crippen LogP contribution in [0.4, 0.5) is 0 Å². The SMILES string of the molecule is COC(=O)/C=[N+](/[O-])[C@H](C)c1ccccc1. The van der Waals surface area contributed by atoms with Crippen LogP contribution in [0.15, 0.2) is 30.3 Å². The van der Waals surface area contributed by atoms with Gasteiger partial charge in [0, 0.05) is 12.5 Å². The smallest absolute Gasteiger partial charge is 0.396 e. The van der Waals surface area contributed by atoms with Crippen molar-refractivity contribution >= 4 is 12.2 Å². The van der Waals surface area contributed by atoms with E-state index in [1.54, 1.807) is 6.92 Å².